The van der Waals surface area contributed by atoms with Gasteiger partial charge < -0.3 is 4.74 Å². The zero-order chi connectivity index (χ0) is 12.1. The Morgan fingerprint density at radius 2 is 1.69 bits per heavy atom. The zero-order valence-electron chi connectivity index (χ0n) is 7.95. The summed E-state index contributed by atoms with van der Waals surface area (Å²) in [7, 11) is 0. The molecule has 16 heavy (non-hydrogen) atoms. The molecule has 0 saturated carbocycles. The Morgan fingerprint density at radius 1 is 1.12 bits per heavy atom. The standard InChI is InChI=1S/C9H6O3.CHCl3/c10-8-5-6-3-1-2-4-7(6)9(11)12-8;2-1(3)4/h1-4H,5H2;1H. The van der Waals surface area contributed by atoms with Gasteiger partial charge in [-0.3, -0.25) is 4.79 Å². The minimum absolute atomic E-state index is 0.196. The van der Waals surface area contributed by atoms with E-state index in [2.05, 4.69) is 4.74 Å². The van der Waals surface area contributed by atoms with Crippen LogP contribution in [0.5, 0.6) is 0 Å². The number of rotatable bonds is 0. The number of fused-ring (bicyclic) bond motifs is 1. The number of alkyl halides is 3. The summed E-state index contributed by atoms with van der Waals surface area (Å²) in [4.78, 5) is 21.8. The van der Waals surface area contributed by atoms with Gasteiger partial charge in [-0.25, -0.2) is 4.79 Å². The smallest absolute Gasteiger partial charge is 0.346 e. The number of hydrogen-bond donors (Lipinski definition) is 0. The van der Waals surface area contributed by atoms with E-state index in [1.807, 2.05) is 0 Å². The van der Waals surface area contributed by atoms with Crippen molar-refractivity contribution in [3.63, 3.8) is 0 Å². The summed E-state index contributed by atoms with van der Waals surface area (Å²) in [6.45, 7) is 0. The predicted octanol–water partition coefficient (Wildman–Crippen LogP) is 2.91. The van der Waals surface area contributed by atoms with Crippen LogP contribution >= 0.6 is 34.8 Å². The molecule has 0 N–H and O–H groups in total. The second-order valence-electron chi connectivity index (χ2n) is 2.84. The lowest BCUT2D eigenvalue weighted by Gasteiger charge is -2.12. The summed E-state index contributed by atoms with van der Waals surface area (Å²) in [5, 5.41) is 0. The second kappa shape index (κ2) is 6.09. The van der Waals surface area contributed by atoms with Gasteiger partial charge in [-0.05, 0) is 11.6 Å². The molecule has 0 aromatic heterocycles. The quantitative estimate of drug-likeness (QED) is 0.417. The Labute approximate surface area is 107 Å². The minimum Gasteiger partial charge on any atom is -0.389 e. The largest absolute Gasteiger partial charge is 0.389 e. The van der Waals surface area contributed by atoms with E-state index in [-0.39, 0.29) is 6.42 Å². The van der Waals surface area contributed by atoms with Crippen molar-refractivity contribution >= 4 is 46.7 Å². The van der Waals surface area contributed by atoms with Crippen molar-refractivity contribution in [2.75, 3.05) is 0 Å². The normalized spacial score (nSPS) is 13.8. The van der Waals surface area contributed by atoms with Crippen LogP contribution in [0, 0.1) is 0 Å². The van der Waals surface area contributed by atoms with Crippen molar-refractivity contribution in [2.24, 2.45) is 0 Å². The molecule has 1 aromatic rings. The Hall–Kier alpha value is -0.770. The summed E-state index contributed by atoms with van der Waals surface area (Å²) in [6, 6.07) is 6.96. The molecule has 1 aromatic carbocycles. The molecule has 0 saturated heterocycles. The molecule has 1 aliphatic rings. The number of hydrogen-bond acceptors (Lipinski definition) is 3. The Balaban J connectivity index is 0.000000280. The van der Waals surface area contributed by atoms with Gasteiger partial charge in [-0.1, -0.05) is 53.0 Å². The van der Waals surface area contributed by atoms with Gasteiger partial charge in [0.1, 0.15) is 0 Å². The number of carbonyl (C=O) groups is 2. The molecule has 0 bridgehead atoms. The third kappa shape index (κ3) is 4.00. The molecule has 3 nitrogen and oxygen atoms in total. The second-order valence-corrected chi connectivity index (χ2v) is 4.82. The van der Waals surface area contributed by atoms with E-state index in [1.54, 1.807) is 24.3 Å². The first-order valence-corrected chi connectivity index (χ1v) is 5.56. The lowest BCUT2D eigenvalue weighted by Crippen LogP contribution is -2.22. The molecule has 1 heterocycles. The molecule has 1 aliphatic heterocycles. The van der Waals surface area contributed by atoms with Crippen molar-refractivity contribution in [2.45, 2.75) is 10.7 Å². The van der Waals surface area contributed by atoms with Crippen LogP contribution in [-0.4, -0.2) is 16.2 Å². The highest BCUT2D eigenvalue weighted by molar-refractivity contribution is 6.63. The van der Waals surface area contributed by atoms with Crippen LogP contribution in [0.2, 0.25) is 0 Å². The van der Waals surface area contributed by atoms with Crippen LogP contribution in [0.4, 0.5) is 0 Å². The average molecular weight is 282 g/mol. The van der Waals surface area contributed by atoms with Crippen LogP contribution in [0.1, 0.15) is 15.9 Å². The van der Waals surface area contributed by atoms with Crippen LogP contribution in [-0.2, 0) is 16.0 Å². The van der Waals surface area contributed by atoms with Gasteiger partial charge >= 0.3 is 11.9 Å². The van der Waals surface area contributed by atoms with Crippen LogP contribution < -0.4 is 0 Å². The number of carbonyl (C=O) groups excluding carboxylic acids is 2. The lowest BCUT2D eigenvalue weighted by atomic mass is 10.0. The highest BCUT2D eigenvalue weighted by Gasteiger charge is 2.23. The summed E-state index contributed by atoms with van der Waals surface area (Å²) in [5.41, 5.74) is 1.25. The lowest BCUT2D eigenvalue weighted by molar-refractivity contribution is -0.137. The first-order chi connectivity index (χ1) is 7.50. The van der Waals surface area contributed by atoms with Gasteiger partial charge in [0, 0.05) is 0 Å². The number of benzene rings is 1. The third-order valence-corrected chi connectivity index (χ3v) is 1.78. The minimum atomic E-state index is -0.750. The first kappa shape index (κ1) is 13.3. The van der Waals surface area contributed by atoms with E-state index in [4.69, 9.17) is 34.8 Å². The fourth-order valence-corrected chi connectivity index (χ4v) is 1.22. The maximum atomic E-state index is 11.1. The van der Waals surface area contributed by atoms with Crippen molar-refractivity contribution in [1.82, 2.24) is 0 Å². The van der Waals surface area contributed by atoms with Gasteiger partial charge in [0.05, 0.1) is 12.0 Å². The van der Waals surface area contributed by atoms with E-state index >= 15 is 0 Å². The molecule has 0 radical (unpaired) electrons. The Morgan fingerprint density at radius 3 is 2.31 bits per heavy atom. The molecular weight excluding hydrogens is 274 g/mol. The maximum absolute atomic E-state index is 11.1. The Bertz CT molecular complexity index is 401. The van der Waals surface area contributed by atoms with Gasteiger partial charge in [0.15, 0.2) is 4.30 Å². The fraction of sp³-hybridized carbons (Fsp3) is 0.200. The number of esters is 2. The van der Waals surface area contributed by atoms with E-state index in [0.29, 0.717) is 5.56 Å². The SMILES string of the molecule is ClC(Cl)Cl.O=C1Cc2ccccc2C(=O)O1. The molecule has 0 amide bonds. The van der Waals surface area contributed by atoms with Crippen LogP contribution in [0.3, 0.4) is 0 Å². The fourth-order valence-electron chi connectivity index (χ4n) is 1.22. The predicted molar refractivity (Wildman–Crippen MR) is 61.9 cm³/mol. The number of cyclic esters (lactones) is 2. The van der Waals surface area contributed by atoms with E-state index < -0.39 is 16.2 Å². The molecular formula is C10H7Cl3O3. The highest BCUT2D eigenvalue weighted by atomic mass is 35.6. The molecule has 86 valence electrons. The van der Waals surface area contributed by atoms with Crippen molar-refractivity contribution in [3.8, 4) is 0 Å². The molecule has 6 heteroatoms. The van der Waals surface area contributed by atoms with Crippen LogP contribution in [0.25, 0.3) is 0 Å². The van der Waals surface area contributed by atoms with Crippen molar-refractivity contribution in [3.05, 3.63) is 35.4 Å². The van der Waals surface area contributed by atoms with Gasteiger partial charge in [0.25, 0.3) is 0 Å². The van der Waals surface area contributed by atoms with Crippen molar-refractivity contribution in [1.29, 1.82) is 0 Å². The summed E-state index contributed by atoms with van der Waals surface area (Å²) < 4.78 is 3.68. The number of ether oxygens (including phenoxy) is 1. The molecule has 0 atom stereocenters. The van der Waals surface area contributed by atoms with E-state index in [0.717, 1.165) is 5.56 Å². The molecule has 0 aliphatic carbocycles. The molecule has 0 fully saturated rings. The Kier molecular flexibility index (Phi) is 5.06. The topological polar surface area (TPSA) is 43.4 Å². The summed E-state index contributed by atoms with van der Waals surface area (Å²) >= 11 is 14.4. The van der Waals surface area contributed by atoms with E-state index in [9.17, 15) is 9.59 Å². The summed E-state index contributed by atoms with van der Waals surface area (Å²) in [6.07, 6.45) is 0.196. The molecule has 2 rings (SSSR count). The van der Waals surface area contributed by atoms with Gasteiger partial charge in [0.2, 0.25) is 0 Å². The maximum Gasteiger partial charge on any atom is 0.346 e. The van der Waals surface area contributed by atoms with Crippen molar-refractivity contribution < 1.29 is 14.3 Å². The average Bonchev–Trinajstić information content (AvgIpc) is 2.16. The molecule has 0 spiro atoms. The van der Waals surface area contributed by atoms with Crippen LogP contribution in [0.15, 0.2) is 24.3 Å². The monoisotopic (exact) mass is 280 g/mol. The first-order valence-electron chi connectivity index (χ1n) is 4.26. The number of halogens is 3. The highest BCUT2D eigenvalue weighted by Crippen LogP contribution is 2.16. The summed E-state index contributed by atoms with van der Waals surface area (Å²) in [5.74, 6) is -1.01. The molecule has 0 unspecified atom stereocenters. The van der Waals surface area contributed by atoms with Gasteiger partial charge in [-0.2, -0.15) is 0 Å². The van der Waals surface area contributed by atoms with E-state index in [1.165, 1.54) is 0 Å². The zero-order valence-corrected chi connectivity index (χ0v) is 10.2. The van der Waals surface area contributed by atoms with Gasteiger partial charge in [-0.15, -0.1) is 0 Å². The third-order valence-electron chi connectivity index (χ3n) is 1.78.